The van der Waals surface area contributed by atoms with E-state index in [1.54, 1.807) is 6.07 Å². The Kier molecular flexibility index (Phi) is 3.48. The maximum absolute atomic E-state index is 11.8. The van der Waals surface area contributed by atoms with Gasteiger partial charge in [0, 0.05) is 5.92 Å². The molecule has 1 aliphatic carbocycles. The molecule has 0 heterocycles. The largest absolute Gasteiger partial charge is 0.397 e. The topological polar surface area (TPSA) is 55.1 Å². The zero-order valence-electron chi connectivity index (χ0n) is 9.49. The fraction of sp³-hybridized carbons (Fsp3) is 0.417. The molecule has 1 aromatic rings. The van der Waals surface area contributed by atoms with Gasteiger partial charge in [0.2, 0.25) is 5.91 Å². The van der Waals surface area contributed by atoms with Crippen molar-refractivity contribution in [3.8, 4) is 0 Å². The summed E-state index contributed by atoms with van der Waals surface area (Å²) in [5, 5.41) is 2.86. The van der Waals surface area contributed by atoms with Crippen LogP contribution < -0.4 is 11.1 Å². The normalized spacial score (nSPS) is 20.8. The molecule has 1 saturated carbocycles. The Morgan fingerprint density at radius 2 is 2.00 bits per heavy atom. The van der Waals surface area contributed by atoms with E-state index in [0.29, 0.717) is 11.4 Å². The molecule has 0 spiro atoms. The second-order valence-corrected chi connectivity index (χ2v) is 4.82. The lowest BCUT2D eigenvalue weighted by molar-refractivity contribution is -0.117. The number of hydrogen-bond donors (Lipinski definition) is 2. The molecule has 1 aromatic carbocycles. The van der Waals surface area contributed by atoms with Crippen LogP contribution in [0.2, 0.25) is 0 Å². The number of carbonyl (C=O) groups excluding carboxylic acids is 1. The number of halogens is 1. The number of carbonyl (C=O) groups is 1. The van der Waals surface area contributed by atoms with Gasteiger partial charge in [-0.2, -0.15) is 0 Å². The highest BCUT2D eigenvalue weighted by Crippen LogP contribution is 2.52. The SMILES string of the molecule is CC1(C)C[C@@H]1C(=O)Nc1ccccc1N.Cl. The Bertz CT molecular complexity index is 404. The highest BCUT2D eigenvalue weighted by molar-refractivity contribution is 5.97. The van der Waals surface area contributed by atoms with Gasteiger partial charge in [-0.15, -0.1) is 12.4 Å². The molecule has 0 saturated heterocycles. The molecule has 1 aliphatic rings. The van der Waals surface area contributed by atoms with E-state index in [4.69, 9.17) is 5.73 Å². The lowest BCUT2D eigenvalue weighted by Gasteiger charge is -2.08. The predicted molar refractivity (Wildman–Crippen MR) is 68.6 cm³/mol. The zero-order chi connectivity index (χ0) is 11.1. The number of anilines is 2. The summed E-state index contributed by atoms with van der Waals surface area (Å²) >= 11 is 0. The first-order valence-corrected chi connectivity index (χ1v) is 5.16. The van der Waals surface area contributed by atoms with E-state index in [0.717, 1.165) is 6.42 Å². The average molecular weight is 241 g/mol. The van der Waals surface area contributed by atoms with Gasteiger partial charge < -0.3 is 11.1 Å². The summed E-state index contributed by atoms with van der Waals surface area (Å²) in [4.78, 5) is 11.8. The third-order valence-electron chi connectivity index (χ3n) is 3.05. The van der Waals surface area contributed by atoms with Gasteiger partial charge in [-0.25, -0.2) is 0 Å². The van der Waals surface area contributed by atoms with Crippen molar-refractivity contribution in [2.24, 2.45) is 11.3 Å². The van der Waals surface area contributed by atoms with Crippen molar-refractivity contribution in [1.82, 2.24) is 0 Å². The molecule has 16 heavy (non-hydrogen) atoms. The van der Waals surface area contributed by atoms with Crippen molar-refractivity contribution in [1.29, 1.82) is 0 Å². The average Bonchev–Trinajstić information content (AvgIpc) is 2.79. The molecule has 3 N–H and O–H groups in total. The van der Waals surface area contributed by atoms with E-state index in [-0.39, 0.29) is 29.6 Å². The summed E-state index contributed by atoms with van der Waals surface area (Å²) in [6, 6.07) is 7.33. The first kappa shape index (κ1) is 12.8. The molecule has 1 atom stereocenters. The van der Waals surface area contributed by atoms with Gasteiger partial charge in [-0.05, 0) is 24.0 Å². The van der Waals surface area contributed by atoms with E-state index in [2.05, 4.69) is 19.2 Å². The molecule has 2 rings (SSSR count). The lowest BCUT2D eigenvalue weighted by atomic mass is 10.1. The highest BCUT2D eigenvalue weighted by atomic mass is 35.5. The molecular weight excluding hydrogens is 224 g/mol. The van der Waals surface area contributed by atoms with Gasteiger partial charge in [-0.1, -0.05) is 26.0 Å². The first-order valence-electron chi connectivity index (χ1n) is 5.16. The van der Waals surface area contributed by atoms with E-state index >= 15 is 0 Å². The summed E-state index contributed by atoms with van der Waals surface area (Å²) in [5.41, 5.74) is 7.23. The fourth-order valence-electron chi connectivity index (χ4n) is 1.75. The summed E-state index contributed by atoms with van der Waals surface area (Å²) in [5.74, 6) is 0.218. The molecule has 1 amide bonds. The van der Waals surface area contributed by atoms with Gasteiger partial charge in [0.25, 0.3) is 0 Å². The molecular formula is C12H17ClN2O. The molecule has 4 heteroatoms. The monoisotopic (exact) mass is 240 g/mol. The smallest absolute Gasteiger partial charge is 0.228 e. The van der Waals surface area contributed by atoms with Crippen LogP contribution in [0.25, 0.3) is 0 Å². The number of nitrogen functional groups attached to an aromatic ring is 1. The number of amides is 1. The van der Waals surface area contributed by atoms with Crippen LogP contribution in [0.4, 0.5) is 11.4 Å². The van der Waals surface area contributed by atoms with Crippen LogP contribution in [0.1, 0.15) is 20.3 Å². The highest BCUT2D eigenvalue weighted by Gasteiger charge is 2.50. The van der Waals surface area contributed by atoms with Crippen LogP contribution in [-0.4, -0.2) is 5.91 Å². The van der Waals surface area contributed by atoms with Crippen molar-refractivity contribution in [3.05, 3.63) is 24.3 Å². The minimum atomic E-state index is 0. The minimum Gasteiger partial charge on any atom is -0.397 e. The van der Waals surface area contributed by atoms with E-state index < -0.39 is 0 Å². The van der Waals surface area contributed by atoms with Gasteiger partial charge in [0.15, 0.2) is 0 Å². The van der Waals surface area contributed by atoms with Crippen LogP contribution in [0, 0.1) is 11.3 Å². The van der Waals surface area contributed by atoms with E-state index in [9.17, 15) is 4.79 Å². The van der Waals surface area contributed by atoms with Crippen molar-refractivity contribution >= 4 is 29.7 Å². The van der Waals surface area contributed by atoms with Gasteiger partial charge in [-0.3, -0.25) is 4.79 Å². The van der Waals surface area contributed by atoms with E-state index in [1.165, 1.54) is 0 Å². The fourth-order valence-corrected chi connectivity index (χ4v) is 1.75. The quantitative estimate of drug-likeness (QED) is 0.781. The second kappa shape index (κ2) is 4.34. The summed E-state index contributed by atoms with van der Waals surface area (Å²) in [6.45, 7) is 4.21. The minimum absolute atomic E-state index is 0. The number of hydrogen-bond acceptors (Lipinski definition) is 2. The van der Waals surface area contributed by atoms with Crippen molar-refractivity contribution < 1.29 is 4.79 Å². The zero-order valence-corrected chi connectivity index (χ0v) is 10.3. The lowest BCUT2D eigenvalue weighted by Crippen LogP contribution is -2.17. The Balaban J connectivity index is 0.00000128. The third kappa shape index (κ3) is 2.47. The maximum Gasteiger partial charge on any atom is 0.228 e. The van der Waals surface area contributed by atoms with Gasteiger partial charge >= 0.3 is 0 Å². The predicted octanol–water partition coefficient (Wildman–Crippen LogP) is 2.68. The van der Waals surface area contributed by atoms with Gasteiger partial charge in [0.05, 0.1) is 11.4 Å². The molecule has 3 nitrogen and oxygen atoms in total. The number of para-hydroxylation sites is 2. The molecule has 0 radical (unpaired) electrons. The van der Waals surface area contributed by atoms with Crippen LogP contribution >= 0.6 is 12.4 Å². The van der Waals surface area contributed by atoms with Crippen LogP contribution in [-0.2, 0) is 4.79 Å². The number of rotatable bonds is 2. The Hall–Kier alpha value is -1.22. The molecule has 0 bridgehead atoms. The molecule has 0 aromatic heterocycles. The van der Waals surface area contributed by atoms with Crippen LogP contribution in [0.5, 0.6) is 0 Å². The molecule has 0 unspecified atom stereocenters. The summed E-state index contributed by atoms with van der Waals surface area (Å²) in [7, 11) is 0. The van der Waals surface area contributed by atoms with Crippen LogP contribution in [0.15, 0.2) is 24.3 Å². The molecule has 88 valence electrons. The van der Waals surface area contributed by atoms with Crippen molar-refractivity contribution in [3.63, 3.8) is 0 Å². The first-order chi connectivity index (χ1) is 7.00. The maximum atomic E-state index is 11.8. The van der Waals surface area contributed by atoms with Crippen molar-refractivity contribution in [2.75, 3.05) is 11.1 Å². The van der Waals surface area contributed by atoms with Gasteiger partial charge in [0.1, 0.15) is 0 Å². The van der Waals surface area contributed by atoms with Crippen molar-refractivity contribution in [2.45, 2.75) is 20.3 Å². The van der Waals surface area contributed by atoms with Crippen LogP contribution in [0.3, 0.4) is 0 Å². The standard InChI is InChI=1S/C12H16N2O.ClH/c1-12(2)7-8(12)11(15)14-10-6-4-3-5-9(10)13;/h3-6,8H,7,13H2,1-2H3,(H,14,15);1H/t8-;/m1./s1. The Labute approximate surface area is 102 Å². The number of nitrogens with one attached hydrogen (secondary N) is 1. The van der Waals surface area contributed by atoms with E-state index in [1.807, 2.05) is 18.2 Å². The molecule has 0 aliphatic heterocycles. The summed E-state index contributed by atoms with van der Waals surface area (Å²) < 4.78 is 0. The number of benzene rings is 1. The summed E-state index contributed by atoms with van der Waals surface area (Å²) in [6.07, 6.45) is 0.964. The molecule has 1 fully saturated rings. The second-order valence-electron chi connectivity index (χ2n) is 4.82. The Morgan fingerprint density at radius 1 is 1.44 bits per heavy atom. The number of nitrogens with two attached hydrogens (primary N) is 1. The Morgan fingerprint density at radius 3 is 2.50 bits per heavy atom. The third-order valence-corrected chi connectivity index (χ3v) is 3.05.